The fourth-order valence-electron chi connectivity index (χ4n) is 2.35. The standard InChI is InChI=1S/C14H18N2O3/c1-10-3-4-12(14(18)19)13(9-10)16-7-5-15(6-8-16)11(2)17/h3-4,9H,5-8H2,1-2H3,(H,18,19). The van der Waals surface area contributed by atoms with Gasteiger partial charge in [-0.3, -0.25) is 4.79 Å². The van der Waals surface area contributed by atoms with Crippen LogP contribution in [0.2, 0.25) is 0 Å². The number of aromatic carboxylic acids is 1. The minimum absolute atomic E-state index is 0.0716. The number of anilines is 1. The largest absolute Gasteiger partial charge is 0.478 e. The third-order valence-electron chi connectivity index (χ3n) is 3.45. The fraction of sp³-hybridized carbons (Fsp3) is 0.429. The van der Waals surface area contributed by atoms with Crippen LogP contribution in [-0.2, 0) is 4.79 Å². The monoisotopic (exact) mass is 262 g/mol. The van der Waals surface area contributed by atoms with Gasteiger partial charge in [0.25, 0.3) is 0 Å². The van der Waals surface area contributed by atoms with Gasteiger partial charge >= 0.3 is 5.97 Å². The summed E-state index contributed by atoms with van der Waals surface area (Å²) in [4.78, 5) is 26.4. The number of benzene rings is 1. The Labute approximate surface area is 112 Å². The van der Waals surface area contributed by atoms with E-state index in [2.05, 4.69) is 0 Å². The van der Waals surface area contributed by atoms with Crippen molar-refractivity contribution >= 4 is 17.6 Å². The van der Waals surface area contributed by atoms with Crippen LogP contribution in [0.4, 0.5) is 5.69 Å². The van der Waals surface area contributed by atoms with E-state index < -0.39 is 5.97 Å². The zero-order chi connectivity index (χ0) is 14.0. The highest BCUT2D eigenvalue weighted by Gasteiger charge is 2.22. The number of amides is 1. The van der Waals surface area contributed by atoms with Gasteiger partial charge in [-0.05, 0) is 24.6 Å². The Morgan fingerprint density at radius 1 is 1.16 bits per heavy atom. The van der Waals surface area contributed by atoms with Gasteiger partial charge in [-0.15, -0.1) is 0 Å². The molecule has 1 N–H and O–H groups in total. The summed E-state index contributed by atoms with van der Waals surface area (Å²) in [5.41, 5.74) is 2.10. The van der Waals surface area contributed by atoms with Crippen LogP contribution in [0.5, 0.6) is 0 Å². The molecule has 0 bridgehead atoms. The number of carbonyl (C=O) groups is 2. The Balaban J connectivity index is 2.21. The lowest BCUT2D eigenvalue weighted by Gasteiger charge is -2.36. The lowest BCUT2D eigenvalue weighted by atomic mass is 10.1. The first-order chi connectivity index (χ1) is 8.99. The molecular formula is C14H18N2O3. The van der Waals surface area contributed by atoms with Crippen molar-refractivity contribution in [1.82, 2.24) is 4.90 Å². The molecular weight excluding hydrogens is 244 g/mol. The molecule has 0 atom stereocenters. The van der Waals surface area contributed by atoms with Gasteiger partial charge in [0.1, 0.15) is 0 Å². The van der Waals surface area contributed by atoms with E-state index in [1.54, 1.807) is 24.0 Å². The van der Waals surface area contributed by atoms with E-state index in [1.165, 1.54) is 0 Å². The molecule has 1 fully saturated rings. The third kappa shape index (κ3) is 2.86. The molecule has 0 unspecified atom stereocenters. The average Bonchev–Trinajstić information content (AvgIpc) is 2.38. The second-order valence-electron chi connectivity index (χ2n) is 4.82. The van der Waals surface area contributed by atoms with Crippen LogP contribution in [0.3, 0.4) is 0 Å². The Bertz CT molecular complexity index is 505. The Morgan fingerprint density at radius 2 is 1.79 bits per heavy atom. The number of carboxylic acid groups (broad SMARTS) is 1. The predicted octanol–water partition coefficient (Wildman–Crippen LogP) is 1.36. The fourth-order valence-corrected chi connectivity index (χ4v) is 2.35. The van der Waals surface area contributed by atoms with Gasteiger partial charge in [0.15, 0.2) is 0 Å². The van der Waals surface area contributed by atoms with Gasteiger partial charge in [0.2, 0.25) is 5.91 Å². The van der Waals surface area contributed by atoms with Gasteiger partial charge in [-0.25, -0.2) is 4.79 Å². The van der Waals surface area contributed by atoms with Crippen LogP contribution in [0.1, 0.15) is 22.8 Å². The molecule has 1 heterocycles. The van der Waals surface area contributed by atoms with Gasteiger partial charge < -0.3 is 14.9 Å². The van der Waals surface area contributed by atoms with E-state index in [-0.39, 0.29) is 5.91 Å². The Kier molecular flexibility index (Phi) is 3.74. The minimum atomic E-state index is -0.913. The minimum Gasteiger partial charge on any atom is -0.478 e. The summed E-state index contributed by atoms with van der Waals surface area (Å²) in [5.74, 6) is -0.841. The van der Waals surface area contributed by atoms with Crippen molar-refractivity contribution < 1.29 is 14.7 Å². The van der Waals surface area contributed by atoms with Crippen molar-refractivity contribution in [3.63, 3.8) is 0 Å². The normalized spacial score (nSPS) is 15.5. The van der Waals surface area contributed by atoms with E-state index in [4.69, 9.17) is 0 Å². The number of nitrogens with zero attached hydrogens (tertiary/aromatic N) is 2. The van der Waals surface area contributed by atoms with Crippen molar-refractivity contribution in [2.75, 3.05) is 31.1 Å². The van der Waals surface area contributed by atoms with Crippen LogP contribution < -0.4 is 4.90 Å². The molecule has 0 spiro atoms. The average molecular weight is 262 g/mol. The molecule has 1 saturated heterocycles. The summed E-state index contributed by atoms with van der Waals surface area (Å²) >= 11 is 0. The first kappa shape index (κ1) is 13.4. The molecule has 1 aliphatic rings. The highest BCUT2D eigenvalue weighted by atomic mass is 16.4. The van der Waals surface area contributed by atoms with E-state index in [0.717, 1.165) is 11.3 Å². The second-order valence-corrected chi connectivity index (χ2v) is 4.82. The van der Waals surface area contributed by atoms with E-state index in [1.807, 2.05) is 17.9 Å². The van der Waals surface area contributed by atoms with Crippen LogP contribution >= 0.6 is 0 Å². The van der Waals surface area contributed by atoms with Crippen molar-refractivity contribution in [3.8, 4) is 0 Å². The SMILES string of the molecule is CC(=O)N1CCN(c2cc(C)ccc2C(=O)O)CC1. The molecule has 2 rings (SSSR count). The maximum atomic E-state index is 11.3. The summed E-state index contributed by atoms with van der Waals surface area (Å²) in [7, 11) is 0. The number of piperazine rings is 1. The molecule has 1 aromatic rings. The number of carboxylic acids is 1. The Hall–Kier alpha value is -2.04. The summed E-state index contributed by atoms with van der Waals surface area (Å²) in [6.45, 7) is 6.13. The van der Waals surface area contributed by atoms with Gasteiger partial charge in [-0.1, -0.05) is 6.07 Å². The molecule has 0 saturated carbocycles. The van der Waals surface area contributed by atoms with Crippen LogP contribution in [0.25, 0.3) is 0 Å². The molecule has 0 aromatic heterocycles. The van der Waals surface area contributed by atoms with Gasteiger partial charge in [-0.2, -0.15) is 0 Å². The second kappa shape index (κ2) is 5.30. The van der Waals surface area contributed by atoms with Gasteiger partial charge in [0, 0.05) is 33.1 Å². The summed E-state index contributed by atoms with van der Waals surface area (Å²) < 4.78 is 0. The topological polar surface area (TPSA) is 60.9 Å². The molecule has 1 aromatic carbocycles. The van der Waals surface area contributed by atoms with E-state index in [0.29, 0.717) is 31.7 Å². The molecule has 1 amide bonds. The smallest absolute Gasteiger partial charge is 0.337 e. The van der Waals surface area contributed by atoms with E-state index >= 15 is 0 Å². The molecule has 102 valence electrons. The maximum absolute atomic E-state index is 11.3. The van der Waals surface area contributed by atoms with Crippen molar-refractivity contribution in [3.05, 3.63) is 29.3 Å². The van der Waals surface area contributed by atoms with Gasteiger partial charge in [0.05, 0.1) is 11.3 Å². The lowest BCUT2D eigenvalue weighted by Crippen LogP contribution is -2.48. The predicted molar refractivity (Wildman–Crippen MR) is 72.6 cm³/mol. The molecule has 0 radical (unpaired) electrons. The number of rotatable bonds is 2. The summed E-state index contributed by atoms with van der Waals surface area (Å²) in [5, 5.41) is 9.24. The lowest BCUT2D eigenvalue weighted by molar-refractivity contribution is -0.129. The van der Waals surface area contributed by atoms with Crippen molar-refractivity contribution in [1.29, 1.82) is 0 Å². The summed E-state index contributed by atoms with van der Waals surface area (Å²) in [6, 6.07) is 5.34. The Morgan fingerprint density at radius 3 is 2.32 bits per heavy atom. The van der Waals surface area contributed by atoms with Crippen molar-refractivity contribution in [2.24, 2.45) is 0 Å². The number of hydrogen-bond donors (Lipinski definition) is 1. The zero-order valence-electron chi connectivity index (χ0n) is 11.2. The van der Waals surface area contributed by atoms with Crippen molar-refractivity contribution in [2.45, 2.75) is 13.8 Å². The van der Waals surface area contributed by atoms with Crippen LogP contribution in [-0.4, -0.2) is 48.1 Å². The maximum Gasteiger partial charge on any atom is 0.337 e. The summed E-state index contributed by atoms with van der Waals surface area (Å²) in [6.07, 6.45) is 0. The molecule has 19 heavy (non-hydrogen) atoms. The zero-order valence-corrected chi connectivity index (χ0v) is 11.2. The first-order valence-corrected chi connectivity index (χ1v) is 6.33. The molecule has 0 aliphatic carbocycles. The molecule has 5 nitrogen and oxygen atoms in total. The van der Waals surface area contributed by atoms with E-state index in [9.17, 15) is 14.7 Å². The highest BCUT2D eigenvalue weighted by Crippen LogP contribution is 2.23. The quantitative estimate of drug-likeness (QED) is 0.874. The number of carbonyl (C=O) groups excluding carboxylic acids is 1. The van der Waals surface area contributed by atoms with Crippen LogP contribution in [0.15, 0.2) is 18.2 Å². The molecule has 1 aliphatic heterocycles. The third-order valence-corrected chi connectivity index (χ3v) is 3.45. The number of aryl methyl sites for hydroxylation is 1. The van der Waals surface area contributed by atoms with Crippen LogP contribution in [0, 0.1) is 6.92 Å². The molecule has 5 heteroatoms. The number of hydrogen-bond acceptors (Lipinski definition) is 3. The highest BCUT2D eigenvalue weighted by molar-refractivity contribution is 5.94. The first-order valence-electron chi connectivity index (χ1n) is 6.33.